The predicted octanol–water partition coefficient (Wildman–Crippen LogP) is 2.99. The first-order chi connectivity index (χ1) is 8.56. The molecule has 0 spiro atoms. The summed E-state index contributed by atoms with van der Waals surface area (Å²) in [4.78, 5) is 22.4. The summed E-state index contributed by atoms with van der Waals surface area (Å²) in [6.07, 6.45) is 0. The van der Waals surface area contributed by atoms with Crippen LogP contribution in [0.3, 0.4) is 0 Å². The van der Waals surface area contributed by atoms with Gasteiger partial charge < -0.3 is 14.8 Å². The van der Waals surface area contributed by atoms with Crippen LogP contribution < -0.4 is 5.32 Å². The second kappa shape index (κ2) is 5.05. The van der Waals surface area contributed by atoms with Crippen LogP contribution in [0.1, 0.15) is 20.9 Å². The van der Waals surface area contributed by atoms with Gasteiger partial charge in [-0.25, -0.2) is 4.79 Å². The molecule has 0 saturated heterocycles. The summed E-state index contributed by atoms with van der Waals surface area (Å²) in [6, 6.07) is 9.00. The number of benzene rings is 1. The number of carboxylic acid groups (broad SMARTS) is 1. The number of rotatable bonds is 3. The van der Waals surface area contributed by atoms with E-state index in [1.165, 1.54) is 30.3 Å². The van der Waals surface area contributed by atoms with E-state index in [9.17, 15) is 9.59 Å². The number of aromatic carboxylic acids is 1. The van der Waals surface area contributed by atoms with E-state index in [1.807, 2.05) is 0 Å². The highest BCUT2D eigenvalue weighted by Gasteiger charge is 2.10. The van der Waals surface area contributed by atoms with Crippen molar-refractivity contribution in [3.8, 4) is 0 Å². The molecule has 0 saturated carbocycles. The van der Waals surface area contributed by atoms with Crippen molar-refractivity contribution in [1.29, 1.82) is 0 Å². The van der Waals surface area contributed by atoms with E-state index >= 15 is 0 Å². The van der Waals surface area contributed by atoms with Gasteiger partial charge in [-0.3, -0.25) is 4.79 Å². The molecule has 6 heteroatoms. The van der Waals surface area contributed by atoms with Crippen LogP contribution in [-0.4, -0.2) is 17.0 Å². The predicted molar refractivity (Wildman–Crippen MR) is 67.8 cm³/mol. The molecule has 0 unspecified atom stereocenters. The molecule has 0 radical (unpaired) electrons. The molecule has 1 heterocycles. The molecule has 92 valence electrons. The average molecular weight is 310 g/mol. The zero-order valence-corrected chi connectivity index (χ0v) is 10.6. The van der Waals surface area contributed by atoms with Crippen molar-refractivity contribution in [2.45, 2.75) is 0 Å². The number of furan rings is 1. The first kappa shape index (κ1) is 12.4. The Morgan fingerprint density at radius 2 is 1.78 bits per heavy atom. The van der Waals surface area contributed by atoms with Crippen molar-refractivity contribution in [3.05, 3.63) is 52.4 Å². The van der Waals surface area contributed by atoms with E-state index in [1.54, 1.807) is 6.07 Å². The summed E-state index contributed by atoms with van der Waals surface area (Å²) >= 11 is 3.10. The van der Waals surface area contributed by atoms with Crippen molar-refractivity contribution >= 4 is 33.5 Å². The molecule has 18 heavy (non-hydrogen) atoms. The number of halogens is 1. The van der Waals surface area contributed by atoms with Crippen molar-refractivity contribution in [2.24, 2.45) is 0 Å². The lowest BCUT2D eigenvalue weighted by molar-refractivity contribution is 0.0696. The Morgan fingerprint density at radius 3 is 2.28 bits per heavy atom. The number of anilines is 1. The lowest BCUT2D eigenvalue weighted by atomic mass is 10.2. The van der Waals surface area contributed by atoms with Crippen molar-refractivity contribution in [3.63, 3.8) is 0 Å². The molecule has 2 rings (SSSR count). The highest BCUT2D eigenvalue weighted by Crippen LogP contribution is 2.16. The quantitative estimate of drug-likeness (QED) is 0.913. The number of carbonyl (C=O) groups excluding carboxylic acids is 1. The smallest absolute Gasteiger partial charge is 0.335 e. The lowest BCUT2D eigenvalue weighted by Crippen LogP contribution is -2.10. The monoisotopic (exact) mass is 309 g/mol. The average Bonchev–Trinajstić information content (AvgIpc) is 2.76. The Hall–Kier alpha value is -2.08. The Kier molecular flexibility index (Phi) is 3.47. The summed E-state index contributed by atoms with van der Waals surface area (Å²) in [6.45, 7) is 0. The molecular formula is C12H8BrNO4. The van der Waals surface area contributed by atoms with Gasteiger partial charge in [-0.2, -0.15) is 0 Å². The van der Waals surface area contributed by atoms with Gasteiger partial charge in [-0.15, -0.1) is 0 Å². The van der Waals surface area contributed by atoms with Crippen LogP contribution in [-0.2, 0) is 0 Å². The van der Waals surface area contributed by atoms with Crippen LogP contribution >= 0.6 is 15.9 Å². The second-order valence-electron chi connectivity index (χ2n) is 3.44. The Morgan fingerprint density at radius 1 is 1.11 bits per heavy atom. The van der Waals surface area contributed by atoms with Crippen molar-refractivity contribution in [1.82, 2.24) is 0 Å². The number of carbonyl (C=O) groups is 2. The Labute approximate surface area is 111 Å². The maximum absolute atomic E-state index is 11.7. The van der Waals surface area contributed by atoms with Gasteiger partial charge in [-0.1, -0.05) is 0 Å². The van der Waals surface area contributed by atoms with E-state index < -0.39 is 11.9 Å². The molecule has 0 aliphatic rings. The highest BCUT2D eigenvalue weighted by molar-refractivity contribution is 9.10. The zero-order chi connectivity index (χ0) is 13.1. The molecule has 2 N–H and O–H groups in total. The summed E-state index contributed by atoms with van der Waals surface area (Å²) in [7, 11) is 0. The van der Waals surface area contributed by atoms with Gasteiger partial charge in [0.05, 0.1) is 5.56 Å². The summed E-state index contributed by atoms with van der Waals surface area (Å²) in [5, 5.41) is 11.3. The molecule has 0 fully saturated rings. The van der Waals surface area contributed by atoms with Crippen LogP contribution in [0.2, 0.25) is 0 Å². The molecular weight excluding hydrogens is 302 g/mol. The molecule has 2 aromatic rings. The third-order valence-corrected chi connectivity index (χ3v) is 2.61. The van der Waals surface area contributed by atoms with Crippen LogP contribution in [0.25, 0.3) is 0 Å². The SMILES string of the molecule is O=C(O)c1ccc(NC(=O)c2ccc(Br)o2)cc1. The summed E-state index contributed by atoms with van der Waals surface area (Å²) < 4.78 is 5.56. The molecule has 0 aliphatic carbocycles. The maximum Gasteiger partial charge on any atom is 0.335 e. The van der Waals surface area contributed by atoms with E-state index in [4.69, 9.17) is 9.52 Å². The zero-order valence-electron chi connectivity index (χ0n) is 9.01. The molecule has 1 aromatic heterocycles. The van der Waals surface area contributed by atoms with Crippen molar-refractivity contribution in [2.75, 3.05) is 5.32 Å². The van der Waals surface area contributed by atoms with Crippen LogP contribution in [0.15, 0.2) is 45.5 Å². The normalized spacial score (nSPS) is 10.1. The van der Waals surface area contributed by atoms with Gasteiger partial charge >= 0.3 is 5.97 Å². The van der Waals surface area contributed by atoms with Gasteiger partial charge in [0.2, 0.25) is 0 Å². The maximum atomic E-state index is 11.7. The summed E-state index contributed by atoms with van der Waals surface area (Å²) in [5.74, 6) is -1.24. The van der Waals surface area contributed by atoms with Gasteiger partial charge in [0.1, 0.15) is 0 Å². The number of hydrogen-bond acceptors (Lipinski definition) is 3. The second-order valence-corrected chi connectivity index (χ2v) is 4.22. The first-order valence-corrected chi connectivity index (χ1v) is 5.75. The number of hydrogen-bond donors (Lipinski definition) is 2. The van der Waals surface area contributed by atoms with E-state index in [0.29, 0.717) is 10.4 Å². The van der Waals surface area contributed by atoms with E-state index in [-0.39, 0.29) is 11.3 Å². The van der Waals surface area contributed by atoms with E-state index in [2.05, 4.69) is 21.2 Å². The molecule has 1 amide bonds. The largest absolute Gasteiger partial charge is 0.478 e. The van der Waals surface area contributed by atoms with Crippen LogP contribution in [0.4, 0.5) is 5.69 Å². The fraction of sp³-hybridized carbons (Fsp3) is 0. The Balaban J connectivity index is 2.10. The molecule has 0 bridgehead atoms. The van der Waals surface area contributed by atoms with Crippen LogP contribution in [0.5, 0.6) is 0 Å². The molecule has 0 aliphatic heterocycles. The lowest BCUT2D eigenvalue weighted by Gasteiger charge is -2.03. The molecule has 0 atom stereocenters. The third kappa shape index (κ3) is 2.78. The Bertz CT molecular complexity index is 588. The van der Waals surface area contributed by atoms with Crippen molar-refractivity contribution < 1.29 is 19.1 Å². The fourth-order valence-corrected chi connectivity index (χ4v) is 1.63. The summed E-state index contributed by atoms with van der Waals surface area (Å²) in [5.41, 5.74) is 0.659. The molecule has 5 nitrogen and oxygen atoms in total. The van der Waals surface area contributed by atoms with Gasteiger partial charge in [0, 0.05) is 5.69 Å². The number of amides is 1. The van der Waals surface area contributed by atoms with E-state index in [0.717, 1.165) is 0 Å². The minimum absolute atomic E-state index is 0.161. The van der Waals surface area contributed by atoms with Gasteiger partial charge in [0.25, 0.3) is 5.91 Å². The highest BCUT2D eigenvalue weighted by atomic mass is 79.9. The third-order valence-electron chi connectivity index (χ3n) is 2.19. The fourth-order valence-electron chi connectivity index (χ4n) is 1.33. The number of nitrogens with one attached hydrogen (secondary N) is 1. The van der Waals surface area contributed by atoms with Gasteiger partial charge in [-0.05, 0) is 52.3 Å². The van der Waals surface area contributed by atoms with Gasteiger partial charge in [0.15, 0.2) is 10.4 Å². The standard InChI is InChI=1S/C12H8BrNO4/c13-10-6-5-9(18-10)11(15)14-8-3-1-7(2-4-8)12(16)17/h1-6H,(H,14,15)(H,16,17). The van der Waals surface area contributed by atoms with Crippen LogP contribution in [0, 0.1) is 0 Å². The molecule has 1 aromatic carbocycles. The minimum Gasteiger partial charge on any atom is -0.478 e. The number of carboxylic acids is 1. The topological polar surface area (TPSA) is 79.5 Å². The first-order valence-electron chi connectivity index (χ1n) is 4.96. The minimum atomic E-state index is -1.01.